The summed E-state index contributed by atoms with van der Waals surface area (Å²) in [5.74, 6) is 1.80. The summed E-state index contributed by atoms with van der Waals surface area (Å²) in [4.78, 5) is 12.2. The highest BCUT2D eigenvalue weighted by Gasteiger charge is 2.47. The molecule has 0 radical (unpaired) electrons. The first kappa shape index (κ1) is 12.5. The smallest absolute Gasteiger partial charge is 0.227 e. The van der Waals surface area contributed by atoms with Crippen LogP contribution >= 0.6 is 0 Å². The zero-order valence-electron chi connectivity index (χ0n) is 11.3. The number of benzene rings is 1. The van der Waals surface area contributed by atoms with Crippen LogP contribution in [-0.4, -0.2) is 5.91 Å². The molecule has 2 aliphatic rings. The largest absolute Gasteiger partial charge is 0.397 e. The number of amides is 1. The number of nitrogens with two attached hydrogens (primary N) is 1. The number of anilines is 2. The highest BCUT2D eigenvalue weighted by molar-refractivity contribution is 5.96. The molecule has 1 amide bonds. The molecule has 0 spiro atoms. The van der Waals surface area contributed by atoms with Gasteiger partial charge in [-0.1, -0.05) is 44.2 Å². The first-order chi connectivity index (χ1) is 9.25. The fraction of sp³-hybridized carbons (Fsp3) is 0.562. The molecule has 2 saturated carbocycles. The molecule has 0 aliphatic heterocycles. The van der Waals surface area contributed by atoms with Gasteiger partial charge in [0.1, 0.15) is 0 Å². The molecule has 0 bridgehead atoms. The topological polar surface area (TPSA) is 55.1 Å². The van der Waals surface area contributed by atoms with Gasteiger partial charge in [0.15, 0.2) is 0 Å². The van der Waals surface area contributed by atoms with Crippen LogP contribution in [0.1, 0.15) is 38.5 Å². The van der Waals surface area contributed by atoms with Crippen LogP contribution in [0.5, 0.6) is 0 Å². The quantitative estimate of drug-likeness (QED) is 0.816. The summed E-state index contributed by atoms with van der Waals surface area (Å²) in [7, 11) is 0. The van der Waals surface area contributed by atoms with Crippen LogP contribution in [0.25, 0.3) is 0 Å². The summed E-state index contributed by atoms with van der Waals surface area (Å²) in [5.41, 5.74) is 7.25. The monoisotopic (exact) mass is 258 g/mol. The molecule has 3 N–H and O–H groups in total. The van der Waals surface area contributed by atoms with Gasteiger partial charge in [0, 0.05) is 5.92 Å². The summed E-state index contributed by atoms with van der Waals surface area (Å²) in [6.07, 6.45) is 7.79. The van der Waals surface area contributed by atoms with E-state index >= 15 is 0 Å². The third-order valence-corrected chi connectivity index (χ3v) is 4.65. The van der Waals surface area contributed by atoms with Crippen molar-refractivity contribution in [1.82, 2.24) is 0 Å². The van der Waals surface area contributed by atoms with Crippen molar-refractivity contribution in [1.29, 1.82) is 0 Å². The Morgan fingerprint density at radius 1 is 1.16 bits per heavy atom. The number of carbonyl (C=O) groups excluding carboxylic acids is 1. The van der Waals surface area contributed by atoms with Gasteiger partial charge in [0.05, 0.1) is 11.4 Å². The lowest BCUT2D eigenvalue weighted by atomic mass is 9.85. The van der Waals surface area contributed by atoms with Gasteiger partial charge in [-0.3, -0.25) is 4.79 Å². The van der Waals surface area contributed by atoms with Crippen molar-refractivity contribution in [3.8, 4) is 0 Å². The fourth-order valence-corrected chi connectivity index (χ4v) is 3.44. The van der Waals surface area contributed by atoms with Gasteiger partial charge in [0.2, 0.25) is 5.91 Å². The van der Waals surface area contributed by atoms with Crippen LogP contribution in [0.2, 0.25) is 0 Å². The lowest BCUT2D eigenvalue weighted by molar-refractivity contribution is -0.117. The molecule has 3 nitrogen and oxygen atoms in total. The molecule has 1 aromatic rings. The Balaban J connectivity index is 1.56. The molecule has 1 aromatic carbocycles. The minimum Gasteiger partial charge on any atom is -0.397 e. The van der Waals surface area contributed by atoms with Crippen LogP contribution < -0.4 is 11.1 Å². The molecule has 3 heteroatoms. The van der Waals surface area contributed by atoms with Crippen molar-refractivity contribution in [3.63, 3.8) is 0 Å². The maximum atomic E-state index is 12.2. The van der Waals surface area contributed by atoms with Crippen molar-refractivity contribution in [2.45, 2.75) is 38.5 Å². The van der Waals surface area contributed by atoms with E-state index < -0.39 is 0 Å². The molecule has 2 unspecified atom stereocenters. The Morgan fingerprint density at radius 3 is 2.63 bits per heavy atom. The van der Waals surface area contributed by atoms with E-state index in [-0.39, 0.29) is 11.8 Å². The predicted octanol–water partition coefficient (Wildman–Crippen LogP) is 3.42. The maximum Gasteiger partial charge on any atom is 0.227 e. The number of nitrogen functional groups attached to an aromatic ring is 1. The van der Waals surface area contributed by atoms with Crippen LogP contribution in [0.3, 0.4) is 0 Å². The second kappa shape index (κ2) is 5.24. The van der Waals surface area contributed by atoms with E-state index in [0.717, 1.165) is 18.0 Å². The lowest BCUT2D eigenvalue weighted by Crippen LogP contribution is -2.18. The lowest BCUT2D eigenvalue weighted by Gasteiger charge is -2.21. The molecule has 3 rings (SSSR count). The normalized spacial score (nSPS) is 26.9. The average Bonchev–Trinajstić information content (AvgIpc) is 3.23. The first-order valence-corrected chi connectivity index (χ1v) is 7.41. The molecule has 0 aromatic heterocycles. The van der Waals surface area contributed by atoms with Crippen molar-refractivity contribution >= 4 is 17.3 Å². The molecule has 19 heavy (non-hydrogen) atoms. The third kappa shape index (κ3) is 2.75. The van der Waals surface area contributed by atoms with Crippen LogP contribution in [0.15, 0.2) is 24.3 Å². The van der Waals surface area contributed by atoms with Gasteiger partial charge >= 0.3 is 0 Å². The Labute approximate surface area is 114 Å². The van der Waals surface area contributed by atoms with Crippen molar-refractivity contribution in [2.24, 2.45) is 17.8 Å². The minimum absolute atomic E-state index is 0.161. The zero-order chi connectivity index (χ0) is 13.2. The highest BCUT2D eigenvalue weighted by Crippen LogP contribution is 2.49. The van der Waals surface area contributed by atoms with Gasteiger partial charge in [-0.25, -0.2) is 0 Å². The minimum atomic E-state index is 0.161. The second-order valence-corrected chi connectivity index (χ2v) is 5.98. The van der Waals surface area contributed by atoms with Gasteiger partial charge in [0.25, 0.3) is 0 Å². The number of hydrogen-bond acceptors (Lipinski definition) is 2. The van der Waals surface area contributed by atoms with Crippen LogP contribution in [0, 0.1) is 17.8 Å². The Bertz CT molecular complexity index is 466. The molecule has 2 atom stereocenters. The number of nitrogens with one attached hydrogen (secondary N) is 1. The zero-order valence-corrected chi connectivity index (χ0v) is 11.3. The number of para-hydroxylation sites is 2. The Morgan fingerprint density at radius 2 is 1.89 bits per heavy atom. The molecule has 2 aliphatic carbocycles. The summed E-state index contributed by atoms with van der Waals surface area (Å²) < 4.78 is 0. The van der Waals surface area contributed by atoms with Crippen molar-refractivity contribution in [3.05, 3.63) is 24.3 Å². The van der Waals surface area contributed by atoms with Gasteiger partial charge in [-0.15, -0.1) is 0 Å². The fourth-order valence-electron chi connectivity index (χ4n) is 3.44. The molecule has 0 saturated heterocycles. The van der Waals surface area contributed by atoms with E-state index in [9.17, 15) is 4.79 Å². The SMILES string of the molecule is Nc1ccccc1NC(=O)C1CC1C1CCCCC1. The molecular formula is C16H22N2O. The standard InChI is InChI=1S/C16H22N2O/c17-14-8-4-5-9-15(14)18-16(19)13-10-12(13)11-6-2-1-3-7-11/h4-5,8-9,11-13H,1-3,6-7,10,17H2,(H,18,19). The number of carbonyl (C=O) groups is 1. The second-order valence-electron chi connectivity index (χ2n) is 5.98. The first-order valence-electron chi connectivity index (χ1n) is 7.41. The highest BCUT2D eigenvalue weighted by atomic mass is 16.2. The van der Waals surface area contributed by atoms with Crippen molar-refractivity contribution < 1.29 is 4.79 Å². The average molecular weight is 258 g/mol. The summed E-state index contributed by atoms with van der Waals surface area (Å²) >= 11 is 0. The van der Waals surface area contributed by atoms with Crippen LogP contribution in [-0.2, 0) is 4.79 Å². The molecular weight excluding hydrogens is 236 g/mol. The number of rotatable bonds is 3. The summed E-state index contributed by atoms with van der Waals surface area (Å²) in [5, 5.41) is 2.98. The van der Waals surface area contributed by atoms with E-state index in [1.165, 1.54) is 32.1 Å². The van der Waals surface area contributed by atoms with E-state index in [1.54, 1.807) is 0 Å². The summed E-state index contributed by atoms with van der Waals surface area (Å²) in [6.45, 7) is 0. The predicted molar refractivity (Wildman–Crippen MR) is 77.7 cm³/mol. The van der Waals surface area contributed by atoms with Gasteiger partial charge in [-0.2, -0.15) is 0 Å². The Hall–Kier alpha value is -1.51. The van der Waals surface area contributed by atoms with E-state index in [0.29, 0.717) is 11.6 Å². The van der Waals surface area contributed by atoms with E-state index in [1.807, 2.05) is 24.3 Å². The molecule has 102 valence electrons. The molecule has 2 fully saturated rings. The molecule has 0 heterocycles. The Kier molecular flexibility index (Phi) is 3.45. The van der Waals surface area contributed by atoms with Gasteiger partial charge < -0.3 is 11.1 Å². The maximum absolute atomic E-state index is 12.2. The number of hydrogen-bond donors (Lipinski definition) is 2. The van der Waals surface area contributed by atoms with Crippen molar-refractivity contribution in [2.75, 3.05) is 11.1 Å². The van der Waals surface area contributed by atoms with E-state index in [2.05, 4.69) is 5.32 Å². The third-order valence-electron chi connectivity index (χ3n) is 4.65. The van der Waals surface area contributed by atoms with E-state index in [4.69, 9.17) is 5.73 Å². The van der Waals surface area contributed by atoms with Gasteiger partial charge in [-0.05, 0) is 30.4 Å². The van der Waals surface area contributed by atoms with Crippen LogP contribution in [0.4, 0.5) is 11.4 Å². The summed E-state index contributed by atoms with van der Waals surface area (Å²) in [6, 6.07) is 7.47.